The average molecular weight is 157 g/mol. The van der Waals surface area contributed by atoms with E-state index in [1.54, 1.807) is 5.92 Å². The molecule has 0 aliphatic rings. The summed E-state index contributed by atoms with van der Waals surface area (Å²) in [5, 5.41) is 16.5. The van der Waals surface area contributed by atoms with Crippen molar-refractivity contribution < 1.29 is 19.8 Å². The number of carbonyl (C=O) groups is 2. The summed E-state index contributed by atoms with van der Waals surface area (Å²) in [6, 6.07) is 0. The molecule has 0 aromatic rings. The zero-order chi connectivity index (χ0) is 9.07. The van der Waals surface area contributed by atoms with Gasteiger partial charge in [0.05, 0.1) is 6.42 Å². The molecule has 60 valence electrons. The predicted octanol–water partition coefficient (Wildman–Crippen LogP) is -1.12. The molecule has 0 amide bonds. The minimum Gasteiger partial charge on any atom is -0.481 e. The number of carboxylic acid groups (broad SMARTS) is 2. The molecular formula is C6H7NO4. The standard InChI is InChI=1S/C6H7NO4/c1-2-6(7,5(10)11)3-4(8)9/h1H,3,7H2,(H,8,9)(H,10,11). The van der Waals surface area contributed by atoms with E-state index in [-0.39, 0.29) is 0 Å². The topological polar surface area (TPSA) is 101 Å². The first kappa shape index (κ1) is 9.46. The lowest BCUT2D eigenvalue weighted by Gasteiger charge is -2.14. The Hall–Kier alpha value is -1.54. The second kappa shape index (κ2) is 3.03. The SMILES string of the molecule is C#CC(N)(CC(=O)O)C(=O)O. The van der Waals surface area contributed by atoms with Crippen LogP contribution in [0.5, 0.6) is 0 Å². The second-order valence-corrected chi connectivity index (χ2v) is 1.99. The highest BCUT2D eigenvalue weighted by atomic mass is 16.4. The molecule has 0 heterocycles. The van der Waals surface area contributed by atoms with Crippen molar-refractivity contribution in [3.63, 3.8) is 0 Å². The molecule has 0 aromatic carbocycles. The fourth-order valence-corrected chi connectivity index (χ4v) is 0.427. The lowest BCUT2D eigenvalue weighted by molar-refractivity contribution is -0.147. The largest absolute Gasteiger partial charge is 0.481 e. The molecule has 4 N–H and O–H groups in total. The van der Waals surface area contributed by atoms with Crippen LogP contribution in [0.25, 0.3) is 0 Å². The Labute approximate surface area is 62.8 Å². The first-order valence-corrected chi connectivity index (χ1v) is 2.64. The van der Waals surface area contributed by atoms with Crippen molar-refractivity contribution in [3.8, 4) is 12.3 Å². The molecule has 11 heavy (non-hydrogen) atoms. The quantitative estimate of drug-likeness (QED) is 0.450. The van der Waals surface area contributed by atoms with Crippen molar-refractivity contribution in [2.24, 2.45) is 5.73 Å². The van der Waals surface area contributed by atoms with Gasteiger partial charge in [0.15, 0.2) is 5.54 Å². The zero-order valence-electron chi connectivity index (χ0n) is 5.57. The van der Waals surface area contributed by atoms with Gasteiger partial charge in [-0.1, -0.05) is 5.92 Å². The Bertz CT molecular complexity index is 229. The number of terminal acetylenes is 1. The Balaban J connectivity index is 4.51. The van der Waals surface area contributed by atoms with Crippen LogP contribution >= 0.6 is 0 Å². The second-order valence-electron chi connectivity index (χ2n) is 1.99. The van der Waals surface area contributed by atoms with Crippen LogP contribution in [0, 0.1) is 12.3 Å². The predicted molar refractivity (Wildman–Crippen MR) is 35.6 cm³/mol. The van der Waals surface area contributed by atoms with Crippen LogP contribution in [0.1, 0.15) is 6.42 Å². The molecule has 5 heteroatoms. The summed E-state index contributed by atoms with van der Waals surface area (Å²) >= 11 is 0. The van der Waals surface area contributed by atoms with Gasteiger partial charge in [-0.05, 0) is 0 Å². The van der Waals surface area contributed by atoms with Gasteiger partial charge in [-0.15, -0.1) is 6.42 Å². The summed E-state index contributed by atoms with van der Waals surface area (Å²) in [6.45, 7) is 0. The lowest BCUT2D eigenvalue weighted by Crippen LogP contribution is -2.48. The number of hydrogen-bond donors (Lipinski definition) is 3. The van der Waals surface area contributed by atoms with Gasteiger partial charge in [0.1, 0.15) is 0 Å². The maximum atomic E-state index is 10.3. The van der Waals surface area contributed by atoms with Crippen molar-refractivity contribution in [1.29, 1.82) is 0 Å². The number of nitrogens with two attached hydrogens (primary N) is 1. The molecule has 0 spiro atoms. The molecule has 0 saturated carbocycles. The first-order valence-electron chi connectivity index (χ1n) is 2.64. The Morgan fingerprint density at radius 2 is 2.00 bits per heavy atom. The lowest BCUT2D eigenvalue weighted by atomic mass is 9.98. The van der Waals surface area contributed by atoms with Gasteiger partial charge in [-0.25, -0.2) is 4.79 Å². The van der Waals surface area contributed by atoms with Crippen LogP contribution in [0.2, 0.25) is 0 Å². The molecule has 0 fully saturated rings. The van der Waals surface area contributed by atoms with E-state index in [2.05, 4.69) is 0 Å². The Morgan fingerprint density at radius 3 is 2.09 bits per heavy atom. The molecule has 0 rings (SSSR count). The number of rotatable bonds is 3. The third-order valence-corrected chi connectivity index (χ3v) is 1.07. The van der Waals surface area contributed by atoms with Crippen molar-refractivity contribution >= 4 is 11.9 Å². The molecule has 5 nitrogen and oxygen atoms in total. The van der Waals surface area contributed by atoms with E-state index in [1.807, 2.05) is 0 Å². The van der Waals surface area contributed by atoms with Gasteiger partial charge in [0.2, 0.25) is 0 Å². The fraction of sp³-hybridized carbons (Fsp3) is 0.333. The third kappa shape index (κ3) is 2.27. The molecule has 0 aliphatic heterocycles. The van der Waals surface area contributed by atoms with E-state index in [1.165, 1.54) is 0 Å². The molecular weight excluding hydrogens is 150 g/mol. The van der Waals surface area contributed by atoms with Crippen molar-refractivity contribution in [2.45, 2.75) is 12.0 Å². The van der Waals surface area contributed by atoms with Gasteiger partial charge in [-0.3, -0.25) is 4.79 Å². The van der Waals surface area contributed by atoms with E-state index in [9.17, 15) is 9.59 Å². The van der Waals surface area contributed by atoms with Crippen LogP contribution in [0.4, 0.5) is 0 Å². The highest BCUT2D eigenvalue weighted by Crippen LogP contribution is 2.04. The van der Waals surface area contributed by atoms with Gasteiger partial charge in [-0.2, -0.15) is 0 Å². The van der Waals surface area contributed by atoms with Crippen LogP contribution in [-0.2, 0) is 9.59 Å². The van der Waals surface area contributed by atoms with E-state index in [0.717, 1.165) is 0 Å². The molecule has 0 radical (unpaired) electrons. The van der Waals surface area contributed by atoms with Gasteiger partial charge in [0, 0.05) is 0 Å². The molecule has 0 aromatic heterocycles. The smallest absolute Gasteiger partial charge is 0.336 e. The maximum absolute atomic E-state index is 10.3. The normalized spacial score (nSPS) is 14.5. The number of carboxylic acids is 2. The Kier molecular flexibility index (Phi) is 2.61. The van der Waals surface area contributed by atoms with E-state index < -0.39 is 23.9 Å². The van der Waals surface area contributed by atoms with Crippen LogP contribution in [-0.4, -0.2) is 27.7 Å². The highest BCUT2D eigenvalue weighted by Gasteiger charge is 2.34. The van der Waals surface area contributed by atoms with Gasteiger partial charge in [0.25, 0.3) is 0 Å². The van der Waals surface area contributed by atoms with Gasteiger partial charge < -0.3 is 15.9 Å². The van der Waals surface area contributed by atoms with Crippen molar-refractivity contribution in [3.05, 3.63) is 0 Å². The van der Waals surface area contributed by atoms with Crippen LogP contribution in [0.15, 0.2) is 0 Å². The maximum Gasteiger partial charge on any atom is 0.336 e. The molecule has 1 unspecified atom stereocenters. The van der Waals surface area contributed by atoms with E-state index in [4.69, 9.17) is 22.4 Å². The van der Waals surface area contributed by atoms with Crippen molar-refractivity contribution in [2.75, 3.05) is 0 Å². The number of hydrogen-bond acceptors (Lipinski definition) is 3. The minimum absolute atomic E-state index is 0.779. The fourth-order valence-electron chi connectivity index (χ4n) is 0.427. The molecule has 0 bridgehead atoms. The number of aliphatic carboxylic acids is 2. The minimum atomic E-state index is -2.09. The molecule has 1 atom stereocenters. The summed E-state index contributed by atoms with van der Waals surface area (Å²) < 4.78 is 0. The summed E-state index contributed by atoms with van der Waals surface area (Å²) in [5.74, 6) is -1.14. The molecule has 0 saturated heterocycles. The van der Waals surface area contributed by atoms with E-state index >= 15 is 0 Å². The molecule has 0 aliphatic carbocycles. The third-order valence-electron chi connectivity index (χ3n) is 1.07. The summed E-state index contributed by atoms with van der Waals surface area (Å²) in [5.41, 5.74) is 2.93. The van der Waals surface area contributed by atoms with Crippen LogP contribution < -0.4 is 5.73 Å². The highest BCUT2D eigenvalue weighted by molar-refractivity contribution is 5.88. The first-order chi connectivity index (χ1) is 4.92. The Morgan fingerprint density at radius 1 is 1.55 bits per heavy atom. The van der Waals surface area contributed by atoms with E-state index in [0.29, 0.717) is 0 Å². The zero-order valence-corrected chi connectivity index (χ0v) is 5.57. The average Bonchev–Trinajstić information content (AvgIpc) is 1.86. The summed E-state index contributed by atoms with van der Waals surface area (Å²) in [6.07, 6.45) is 3.96. The summed E-state index contributed by atoms with van der Waals surface area (Å²) in [7, 11) is 0. The van der Waals surface area contributed by atoms with Crippen molar-refractivity contribution in [1.82, 2.24) is 0 Å². The van der Waals surface area contributed by atoms with Crippen LogP contribution in [0.3, 0.4) is 0 Å². The van der Waals surface area contributed by atoms with Gasteiger partial charge >= 0.3 is 11.9 Å². The summed E-state index contributed by atoms with van der Waals surface area (Å²) in [4.78, 5) is 20.3. The monoisotopic (exact) mass is 157 g/mol.